The van der Waals surface area contributed by atoms with E-state index in [2.05, 4.69) is 5.32 Å². The molecule has 0 aromatic heterocycles. The van der Waals surface area contributed by atoms with Crippen molar-refractivity contribution in [2.24, 2.45) is 0 Å². The lowest BCUT2D eigenvalue weighted by atomic mass is 10.1. The van der Waals surface area contributed by atoms with Crippen LogP contribution in [0.5, 0.6) is 0 Å². The Morgan fingerprint density at radius 3 is 2.44 bits per heavy atom. The molecule has 0 aliphatic carbocycles. The molecule has 0 aliphatic rings. The van der Waals surface area contributed by atoms with Crippen molar-refractivity contribution in [3.8, 4) is 0 Å². The number of nitrogens with one attached hydrogen (secondary N) is 1. The van der Waals surface area contributed by atoms with Crippen LogP contribution in [0.4, 0.5) is 10.1 Å². The third kappa shape index (κ3) is 4.80. The second-order valence-electron chi connectivity index (χ2n) is 4.88. The molecule has 0 bridgehead atoms. The van der Waals surface area contributed by atoms with Crippen LogP contribution >= 0.6 is 24.0 Å². The first-order valence-electron chi connectivity index (χ1n) is 5.23. The highest BCUT2D eigenvalue weighted by molar-refractivity contribution is 6.33. The molecular formula is C12H17Cl2FN2O. The first kappa shape index (κ1) is 17.2. The van der Waals surface area contributed by atoms with E-state index in [4.69, 9.17) is 17.3 Å². The summed E-state index contributed by atoms with van der Waals surface area (Å²) in [6.07, 6.45) is 0. The number of Topliss-reactive ketones (excluding diaryl/α,β-unsaturated/α-hetero) is 1. The number of nitrogens with two attached hydrogens (primary N) is 1. The Kier molecular flexibility index (Phi) is 6.07. The third-order valence-corrected chi connectivity index (χ3v) is 2.49. The molecule has 0 atom stereocenters. The van der Waals surface area contributed by atoms with E-state index >= 15 is 0 Å². The zero-order chi connectivity index (χ0) is 13.2. The van der Waals surface area contributed by atoms with Crippen molar-refractivity contribution in [3.05, 3.63) is 28.5 Å². The van der Waals surface area contributed by atoms with Crippen LogP contribution in [0.15, 0.2) is 12.1 Å². The zero-order valence-corrected chi connectivity index (χ0v) is 12.1. The molecule has 0 radical (unpaired) electrons. The summed E-state index contributed by atoms with van der Waals surface area (Å²) in [7, 11) is 0. The molecule has 0 fully saturated rings. The molecule has 0 saturated carbocycles. The highest BCUT2D eigenvalue weighted by Gasteiger charge is 2.15. The van der Waals surface area contributed by atoms with Crippen molar-refractivity contribution in [2.45, 2.75) is 26.3 Å². The van der Waals surface area contributed by atoms with E-state index in [0.717, 1.165) is 6.07 Å². The number of carbonyl (C=O) groups is 1. The number of anilines is 1. The minimum absolute atomic E-state index is 0. The molecule has 0 spiro atoms. The number of hydrogen-bond donors (Lipinski definition) is 2. The summed E-state index contributed by atoms with van der Waals surface area (Å²) in [5, 5.41) is 3.09. The van der Waals surface area contributed by atoms with Crippen LogP contribution in [0.2, 0.25) is 5.02 Å². The van der Waals surface area contributed by atoms with E-state index in [-0.39, 0.29) is 46.5 Å². The maximum atomic E-state index is 13.3. The largest absolute Gasteiger partial charge is 0.395 e. The molecule has 18 heavy (non-hydrogen) atoms. The Morgan fingerprint density at radius 1 is 1.44 bits per heavy atom. The van der Waals surface area contributed by atoms with E-state index in [1.165, 1.54) is 6.07 Å². The summed E-state index contributed by atoms with van der Waals surface area (Å²) in [5.41, 5.74) is 5.27. The highest BCUT2D eigenvalue weighted by atomic mass is 35.5. The predicted octanol–water partition coefficient (Wildman–Crippen LogP) is 3.05. The topological polar surface area (TPSA) is 55.1 Å². The average Bonchev–Trinajstić information content (AvgIpc) is 2.20. The van der Waals surface area contributed by atoms with Crippen molar-refractivity contribution in [3.63, 3.8) is 0 Å². The zero-order valence-electron chi connectivity index (χ0n) is 10.5. The molecular weight excluding hydrogens is 278 g/mol. The number of rotatable bonds is 3. The average molecular weight is 295 g/mol. The van der Waals surface area contributed by atoms with Gasteiger partial charge in [0.1, 0.15) is 5.82 Å². The van der Waals surface area contributed by atoms with Crippen LogP contribution < -0.4 is 11.1 Å². The van der Waals surface area contributed by atoms with Crippen molar-refractivity contribution in [1.29, 1.82) is 0 Å². The first-order valence-corrected chi connectivity index (χ1v) is 5.61. The Hall–Kier alpha value is -0.840. The van der Waals surface area contributed by atoms with Gasteiger partial charge in [-0.15, -0.1) is 12.4 Å². The van der Waals surface area contributed by atoms with Crippen LogP contribution in [0.1, 0.15) is 31.1 Å². The van der Waals surface area contributed by atoms with Crippen LogP contribution in [0.3, 0.4) is 0 Å². The quantitative estimate of drug-likeness (QED) is 0.665. The third-order valence-electron chi connectivity index (χ3n) is 2.18. The molecule has 1 aromatic carbocycles. The molecule has 0 unspecified atom stereocenters. The lowest BCUT2D eigenvalue weighted by Gasteiger charge is -2.19. The minimum Gasteiger partial charge on any atom is -0.395 e. The smallest absolute Gasteiger partial charge is 0.176 e. The molecule has 3 nitrogen and oxygen atoms in total. The van der Waals surface area contributed by atoms with Crippen molar-refractivity contribution >= 4 is 35.5 Å². The van der Waals surface area contributed by atoms with Gasteiger partial charge in [-0.3, -0.25) is 4.79 Å². The normalized spacial score (nSPS) is 10.9. The van der Waals surface area contributed by atoms with Gasteiger partial charge in [-0.2, -0.15) is 0 Å². The van der Waals surface area contributed by atoms with Gasteiger partial charge in [0.15, 0.2) is 5.78 Å². The summed E-state index contributed by atoms with van der Waals surface area (Å²) in [5.74, 6) is -0.891. The van der Waals surface area contributed by atoms with Gasteiger partial charge in [-0.05, 0) is 32.9 Å². The molecule has 3 N–H and O–H groups in total. The number of benzene rings is 1. The monoisotopic (exact) mass is 294 g/mol. The Morgan fingerprint density at radius 2 is 2.00 bits per heavy atom. The number of ketones is 1. The van der Waals surface area contributed by atoms with Gasteiger partial charge < -0.3 is 11.1 Å². The molecule has 0 amide bonds. The van der Waals surface area contributed by atoms with E-state index in [9.17, 15) is 9.18 Å². The molecule has 102 valence electrons. The van der Waals surface area contributed by atoms with Gasteiger partial charge in [0.2, 0.25) is 0 Å². The Balaban J connectivity index is 0.00000289. The Labute approximate surface area is 117 Å². The van der Waals surface area contributed by atoms with Gasteiger partial charge in [0.25, 0.3) is 0 Å². The molecule has 0 saturated heterocycles. The van der Waals surface area contributed by atoms with E-state index in [1.54, 1.807) is 0 Å². The maximum Gasteiger partial charge on any atom is 0.176 e. The summed E-state index contributed by atoms with van der Waals surface area (Å²) < 4.78 is 13.3. The van der Waals surface area contributed by atoms with Crippen LogP contribution in [0, 0.1) is 5.82 Å². The molecule has 0 heterocycles. The van der Waals surface area contributed by atoms with Gasteiger partial charge in [0, 0.05) is 11.1 Å². The summed E-state index contributed by atoms with van der Waals surface area (Å²) in [6.45, 7) is 5.95. The Bertz CT molecular complexity index is 421. The second kappa shape index (κ2) is 6.36. The van der Waals surface area contributed by atoms with Gasteiger partial charge >= 0.3 is 0 Å². The van der Waals surface area contributed by atoms with Gasteiger partial charge in [0.05, 0.1) is 17.3 Å². The number of nitrogen functional groups attached to an aromatic ring is 1. The second-order valence-corrected chi connectivity index (χ2v) is 5.29. The first-order chi connectivity index (χ1) is 7.70. The number of hydrogen-bond acceptors (Lipinski definition) is 3. The summed E-state index contributed by atoms with van der Waals surface area (Å²) >= 11 is 5.72. The lowest BCUT2D eigenvalue weighted by molar-refractivity contribution is 0.0981. The maximum absolute atomic E-state index is 13.3. The van der Waals surface area contributed by atoms with Gasteiger partial charge in [-0.25, -0.2) is 4.39 Å². The van der Waals surface area contributed by atoms with Gasteiger partial charge in [-0.1, -0.05) is 11.6 Å². The fourth-order valence-corrected chi connectivity index (χ4v) is 1.40. The molecule has 6 heteroatoms. The molecule has 0 aliphatic heterocycles. The number of halogens is 3. The highest BCUT2D eigenvalue weighted by Crippen LogP contribution is 2.23. The summed E-state index contributed by atoms with van der Waals surface area (Å²) in [4.78, 5) is 11.8. The fourth-order valence-electron chi connectivity index (χ4n) is 1.19. The summed E-state index contributed by atoms with van der Waals surface area (Å²) in [6, 6.07) is 2.49. The van der Waals surface area contributed by atoms with Crippen molar-refractivity contribution in [1.82, 2.24) is 5.32 Å². The van der Waals surface area contributed by atoms with Crippen molar-refractivity contribution < 1.29 is 9.18 Å². The van der Waals surface area contributed by atoms with E-state index < -0.39 is 5.82 Å². The predicted molar refractivity (Wildman–Crippen MR) is 75.2 cm³/mol. The SMILES string of the molecule is CC(C)(C)NCC(=O)c1cc(F)c(N)c(Cl)c1.Cl. The van der Waals surface area contributed by atoms with E-state index in [0.29, 0.717) is 0 Å². The minimum atomic E-state index is -0.670. The molecule has 1 rings (SSSR count). The fraction of sp³-hybridized carbons (Fsp3) is 0.417. The number of carbonyl (C=O) groups excluding carboxylic acids is 1. The van der Waals surface area contributed by atoms with Crippen molar-refractivity contribution in [2.75, 3.05) is 12.3 Å². The van der Waals surface area contributed by atoms with Crippen LogP contribution in [-0.4, -0.2) is 17.9 Å². The molecule has 1 aromatic rings. The van der Waals surface area contributed by atoms with E-state index in [1.807, 2.05) is 20.8 Å². The lowest BCUT2D eigenvalue weighted by Crippen LogP contribution is -2.39. The standard InChI is InChI=1S/C12H16ClFN2O.ClH/c1-12(2,3)16-6-10(17)7-4-8(13)11(15)9(14)5-7;/h4-5,16H,6,15H2,1-3H3;1H. The van der Waals surface area contributed by atoms with Crippen LogP contribution in [-0.2, 0) is 0 Å². The van der Waals surface area contributed by atoms with Crippen LogP contribution in [0.25, 0.3) is 0 Å².